The van der Waals surface area contributed by atoms with Crippen LogP contribution in [0, 0.1) is 0 Å². The second kappa shape index (κ2) is 4.84. The molecule has 0 saturated heterocycles. The van der Waals surface area contributed by atoms with Crippen LogP contribution in [0.3, 0.4) is 0 Å². The van der Waals surface area contributed by atoms with Crippen LogP contribution in [0.25, 0.3) is 0 Å². The fourth-order valence-corrected chi connectivity index (χ4v) is 1.04. The van der Waals surface area contributed by atoms with Gasteiger partial charge in [-0.2, -0.15) is 5.10 Å². The van der Waals surface area contributed by atoms with Crippen molar-refractivity contribution >= 4 is 12.0 Å². The van der Waals surface area contributed by atoms with Crippen molar-refractivity contribution in [2.45, 2.75) is 0 Å². The molecule has 2 aromatic rings. The van der Waals surface area contributed by atoms with E-state index in [4.69, 9.17) is 0 Å². The summed E-state index contributed by atoms with van der Waals surface area (Å²) in [4.78, 5) is 27.7. The fourth-order valence-electron chi connectivity index (χ4n) is 1.04. The number of rotatable bonds is 3. The minimum atomic E-state index is -0.668. The first kappa shape index (κ1) is 10.7. The lowest BCUT2D eigenvalue weighted by molar-refractivity contribution is 0.890. The highest BCUT2D eigenvalue weighted by atomic mass is 16.2. The molecule has 0 spiro atoms. The lowest BCUT2D eigenvalue weighted by atomic mass is 10.3. The van der Waals surface area contributed by atoms with Crippen LogP contribution in [0.2, 0.25) is 0 Å². The molecule has 8 nitrogen and oxygen atoms in total. The van der Waals surface area contributed by atoms with E-state index in [1.54, 1.807) is 24.5 Å². The Morgan fingerprint density at radius 2 is 2.06 bits per heavy atom. The highest BCUT2D eigenvalue weighted by molar-refractivity contribution is 5.79. The van der Waals surface area contributed by atoms with Crippen LogP contribution < -0.4 is 16.7 Å². The number of hydrogen-bond donors (Lipinski definition) is 3. The number of pyridine rings is 1. The summed E-state index contributed by atoms with van der Waals surface area (Å²) in [7, 11) is 0. The van der Waals surface area contributed by atoms with Crippen LogP contribution in [-0.2, 0) is 0 Å². The molecule has 0 aliphatic rings. The van der Waals surface area contributed by atoms with Crippen molar-refractivity contribution in [2.75, 3.05) is 5.43 Å². The smallest absolute Gasteiger partial charge is 0.270 e. The van der Waals surface area contributed by atoms with Crippen LogP contribution in [0.15, 0.2) is 39.2 Å². The highest BCUT2D eigenvalue weighted by Crippen LogP contribution is 1.92. The van der Waals surface area contributed by atoms with Crippen LogP contribution in [0.4, 0.5) is 5.82 Å². The van der Waals surface area contributed by atoms with Crippen molar-refractivity contribution < 1.29 is 0 Å². The lowest BCUT2D eigenvalue weighted by Gasteiger charge is -1.95. The maximum absolute atomic E-state index is 11.2. The molecular formula is C9H8N6O2. The molecule has 0 atom stereocenters. The summed E-state index contributed by atoms with van der Waals surface area (Å²) in [5, 5.41) is 9.37. The zero-order valence-electron chi connectivity index (χ0n) is 8.54. The molecule has 2 heterocycles. The Hall–Kier alpha value is -2.77. The van der Waals surface area contributed by atoms with Crippen molar-refractivity contribution in [2.24, 2.45) is 5.10 Å². The average molecular weight is 232 g/mol. The molecule has 17 heavy (non-hydrogen) atoms. The predicted molar refractivity (Wildman–Crippen MR) is 60.9 cm³/mol. The van der Waals surface area contributed by atoms with E-state index in [9.17, 15) is 9.59 Å². The Labute approximate surface area is 94.4 Å². The first-order valence-electron chi connectivity index (χ1n) is 4.64. The first-order chi connectivity index (χ1) is 8.25. The Morgan fingerprint density at radius 1 is 1.29 bits per heavy atom. The Morgan fingerprint density at radius 3 is 2.76 bits per heavy atom. The number of aromatic nitrogens is 4. The summed E-state index contributed by atoms with van der Waals surface area (Å²) >= 11 is 0. The Bertz CT molecular complexity index is 630. The number of nitrogens with zero attached hydrogens (tertiary/aromatic N) is 3. The summed E-state index contributed by atoms with van der Waals surface area (Å²) in [5.41, 5.74) is 1.92. The predicted octanol–water partition coefficient (Wildman–Crippen LogP) is -0.701. The molecule has 2 rings (SSSR count). The number of hydrazone groups is 1. The van der Waals surface area contributed by atoms with Gasteiger partial charge < -0.3 is 0 Å². The van der Waals surface area contributed by atoms with Gasteiger partial charge >= 0.3 is 5.69 Å². The van der Waals surface area contributed by atoms with E-state index < -0.39 is 11.2 Å². The van der Waals surface area contributed by atoms with Crippen LogP contribution >= 0.6 is 0 Å². The van der Waals surface area contributed by atoms with Gasteiger partial charge in [-0.25, -0.2) is 9.89 Å². The third-order valence-corrected chi connectivity index (χ3v) is 1.80. The van der Waals surface area contributed by atoms with Gasteiger partial charge in [0.05, 0.1) is 6.21 Å². The minimum absolute atomic E-state index is 0.0880. The highest BCUT2D eigenvalue weighted by Gasteiger charge is 1.98. The zero-order valence-corrected chi connectivity index (χ0v) is 8.54. The van der Waals surface area contributed by atoms with E-state index in [1.165, 1.54) is 6.21 Å². The largest absolute Gasteiger partial charge is 0.342 e. The summed E-state index contributed by atoms with van der Waals surface area (Å²) in [6.45, 7) is 0. The zero-order chi connectivity index (χ0) is 12.1. The van der Waals surface area contributed by atoms with Crippen LogP contribution in [0.1, 0.15) is 5.56 Å². The van der Waals surface area contributed by atoms with E-state index in [1.807, 2.05) is 4.98 Å². The maximum Gasteiger partial charge on any atom is 0.342 e. The topological polar surface area (TPSA) is 116 Å². The molecular weight excluding hydrogens is 224 g/mol. The van der Waals surface area contributed by atoms with Gasteiger partial charge in [-0.05, 0) is 17.7 Å². The third-order valence-electron chi connectivity index (χ3n) is 1.80. The normalized spacial score (nSPS) is 10.6. The number of nitrogens with one attached hydrogen (secondary N) is 3. The summed E-state index contributed by atoms with van der Waals surface area (Å²) < 4.78 is 0. The van der Waals surface area contributed by atoms with Crippen molar-refractivity contribution in [3.63, 3.8) is 0 Å². The molecule has 0 radical (unpaired) electrons. The van der Waals surface area contributed by atoms with Gasteiger partial charge in [-0.15, -0.1) is 5.10 Å². The summed E-state index contributed by atoms with van der Waals surface area (Å²) in [5.74, 6) is -0.0880. The van der Waals surface area contributed by atoms with E-state index >= 15 is 0 Å². The van der Waals surface area contributed by atoms with E-state index in [-0.39, 0.29) is 5.82 Å². The van der Waals surface area contributed by atoms with Crippen molar-refractivity contribution in [3.8, 4) is 0 Å². The number of anilines is 1. The average Bonchev–Trinajstić information content (AvgIpc) is 2.33. The standard InChI is InChI=1S/C9H8N6O2/c16-8-7(14-15-9(17)12-8)13-11-5-6-1-3-10-4-2-6/h1-5H,(H,13,14)(H2,12,15,16,17)/b11-5-. The molecule has 3 N–H and O–H groups in total. The van der Waals surface area contributed by atoms with Crippen LogP contribution in [0.5, 0.6) is 0 Å². The SMILES string of the molecule is O=c1[nH]nc(N/N=C\c2ccncc2)c(=O)[nH]1. The Kier molecular flexibility index (Phi) is 3.05. The van der Waals surface area contributed by atoms with Gasteiger partial charge in [0, 0.05) is 12.4 Å². The minimum Gasteiger partial charge on any atom is -0.270 e. The second-order valence-corrected chi connectivity index (χ2v) is 3.01. The number of hydrogen-bond acceptors (Lipinski definition) is 6. The summed E-state index contributed by atoms with van der Waals surface area (Å²) in [6.07, 6.45) is 4.73. The molecule has 0 aliphatic heterocycles. The Balaban J connectivity index is 2.10. The third kappa shape index (κ3) is 2.84. The molecule has 0 fully saturated rings. The van der Waals surface area contributed by atoms with Crippen molar-refractivity contribution in [1.82, 2.24) is 20.2 Å². The van der Waals surface area contributed by atoms with Gasteiger partial charge in [0.2, 0.25) is 5.82 Å². The second-order valence-electron chi connectivity index (χ2n) is 3.01. The number of aromatic amines is 2. The lowest BCUT2D eigenvalue weighted by Crippen LogP contribution is -2.25. The molecule has 0 bridgehead atoms. The van der Waals surface area contributed by atoms with E-state index in [2.05, 4.69) is 25.7 Å². The van der Waals surface area contributed by atoms with Gasteiger partial charge in [-0.3, -0.25) is 20.2 Å². The molecule has 0 saturated carbocycles. The van der Waals surface area contributed by atoms with Gasteiger partial charge in [-0.1, -0.05) is 0 Å². The van der Waals surface area contributed by atoms with Crippen LogP contribution in [-0.4, -0.2) is 26.4 Å². The molecule has 0 amide bonds. The molecule has 8 heteroatoms. The van der Waals surface area contributed by atoms with Crippen molar-refractivity contribution in [1.29, 1.82) is 0 Å². The number of H-pyrrole nitrogens is 2. The van der Waals surface area contributed by atoms with E-state index in [0.717, 1.165) is 5.56 Å². The molecule has 86 valence electrons. The van der Waals surface area contributed by atoms with Crippen molar-refractivity contribution in [3.05, 3.63) is 50.9 Å². The first-order valence-corrected chi connectivity index (χ1v) is 4.64. The van der Waals surface area contributed by atoms with Gasteiger partial charge in [0.1, 0.15) is 0 Å². The molecule has 2 aromatic heterocycles. The fraction of sp³-hybridized carbons (Fsp3) is 0. The maximum atomic E-state index is 11.2. The quantitative estimate of drug-likeness (QED) is 0.478. The summed E-state index contributed by atoms with van der Waals surface area (Å²) in [6, 6.07) is 3.49. The molecule has 0 aliphatic carbocycles. The van der Waals surface area contributed by atoms with Gasteiger partial charge in [0.15, 0.2) is 0 Å². The van der Waals surface area contributed by atoms with Gasteiger partial charge in [0.25, 0.3) is 5.56 Å². The molecule has 0 unspecified atom stereocenters. The monoisotopic (exact) mass is 232 g/mol. The molecule has 0 aromatic carbocycles. The van der Waals surface area contributed by atoms with E-state index in [0.29, 0.717) is 0 Å².